The summed E-state index contributed by atoms with van der Waals surface area (Å²) in [4.78, 5) is 10.7. The quantitative estimate of drug-likeness (QED) is 0.736. The van der Waals surface area contributed by atoms with Crippen molar-refractivity contribution >= 4 is 23.0 Å². The van der Waals surface area contributed by atoms with Crippen LogP contribution in [0.1, 0.15) is 19.8 Å². The summed E-state index contributed by atoms with van der Waals surface area (Å²) in [6.07, 6.45) is 1.51. The van der Waals surface area contributed by atoms with E-state index in [4.69, 9.17) is 5.11 Å². The van der Waals surface area contributed by atoms with E-state index < -0.39 is 11.4 Å². The van der Waals surface area contributed by atoms with E-state index in [1.165, 1.54) is 0 Å². The van der Waals surface area contributed by atoms with E-state index in [1.54, 1.807) is 0 Å². The van der Waals surface area contributed by atoms with Crippen molar-refractivity contribution in [2.24, 2.45) is 5.41 Å². The molecule has 0 aromatic rings. The van der Waals surface area contributed by atoms with E-state index >= 15 is 0 Å². The molecular formula is C7H14BrNO2. The third kappa shape index (κ3) is 1.93. The van der Waals surface area contributed by atoms with Gasteiger partial charge in [-0.25, -0.2) is 0 Å². The first-order valence-corrected chi connectivity index (χ1v) is 3.65. The Morgan fingerprint density at radius 3 is 2.55 bits per heavy atom. The van der Waals surface area contributed by atoms with E-state index in [2.05, 4.69) is 5.32 Å². The van der Waals surface area contributed by atoms with E-state index in [1.807, 2.05) is 6.92 Å². The molecule has 0 spiro atoms. The fourth-order valence-electron chi connectivity index (χ4n) is 1.38. The molecule has 0 saturated carbocycles. The van der Waals surface area contributed by atoms with Crippen LogP contribution in [0.2, 0.25) is 0 Å². The molecule has 1 fully saturated rings. The van der Waals surface area contributed by atoms with Crippen molar-refractivity contribution < 1.29 is 9.90 Å². The SMILES string of the molecule is Br.CC[C@@]1(C(=O)O)CCNC1. The van der Waals surface area contributed by atoms with Crippen molar-refractivity contribution in [2.45, 2.75) is 19.8 Å². The maximum absolute atomic E-state index is 10.7. The molecule has 66 valence electrons. The number of hydrogen-bond donors (Lipinski definition) is 2. The molecular weight excluding hydrogens is 210 g/mol. The lowest BCUT2D eigenvalue weighted by Gasteiger charge is -2.19. The first-order chi connectivity index (χ1) is 4.71. The lowest BCUT2D eigenvalue weighted by Crippen LogP contribution is -2.32. The maximum Gasteiger partial charge on any atom is 0.310 e. The van der Waals surface area contributed by atoms with Crippen LogP contribution in [0, 0.1) is 5.41 Å². The smallest absolute Gasteiger partial charge is 0.310 e. The molecule has 0 bridgehead atoms. The first kappa shape index (κ1) is 10.9. The van der Waals surface area contributed by atoms with Gasteiger partial charge in [-0.05, 0) is 19.4 Å². The van der Waals surface area contributed by atoms with Gasteiger partial charge in [0.1, 0.15) is 0 Å². The predicted octanol–water partition coefficient (Wildman–Crippen LogP) is 1.04. The number of nitrogens with one attached hydrogen (secondary N) is 1. The number of hydrogen-bond acceptors (Lipinski definition) is 2. The Hall–Kier alpha value is -0.0900. The van der Waals surface area contributed by atoms with Gasteiger partial charge in [0.2, 0.25) is 0 Å². The third-order valence-electron chi connectivity index (χ3n) is 2.37. The minimum atomic E-state index is -0.653. The van der Waals surface area contributed by atoms with Crippen LogP contribution in [-0.2, 0) is 4.79 Å². The zero-order valence-electron chi connectivity index (χ0n) is 6.59. The molecule has 1 saturated heterocycles. The molecule has 1 heterocycles. The largest absolute Gasteiger partial charge is 0.481 e. The molecule has 0 aromatic carbocycles. The van der Waals surface area contributed by atoms with Gasteiger partial charge in [-0.2, -0.15) is 0 Å². The summed E-state index contributed by atoms with van der Waals surface area (Å²) < 4.78 is 0. The van der Waals surface area contributed by atoms with Crippen molar-refractivity contribution in [2.75, 3.05) is 13.1 Å². The van der Waals surface area contributed by atoms with Gasteiger partial charge in [0.05, 0.1) is 5.41 Å². The fraction of sp³-hybridized carbons (Fsp3) is 0.857. The Morgan fingerprint density at radius 2 is 2.36 bits per heavy atom. The van der Waals surface area contributed by atoms with Crippen LogP contribution >= 0.6 is 17.0 Å². The summed E-state index contributed by atoms with van der Waals surface area (Å²) >= 11 is 0. The monoisotopic (exact) mass is 223 g/mol. The number of halogens is 1. The number of rotatable bonds is 2. The Labute approximate surface area is 76.9 Å². The highest BCUT2D eigenvalue weighted by atomic mass is 79.9. The fourth-order valence-corrected chi connectivity index (χ4v) is 1.38. The zero-order chi connectivity index (χ0) is 7.61. The number of carbonyl (C=O) groups is 1. The van der Waals surface area contributed by atoms with Crippen LogP contribution in [0.4, 0.5) is 0 Å². The summed E-state index contributed by atoms with van der Waals surface area (Å²) in [5.41, 5.74) is -0.458. The third-order valence-corrected chi connectivity index (χ3v) is 2.37. The lowest BCUT2D eigenvalue weighted by atomic mass is 9.85. The highest BCUT2D eigenvalue weighted by Gasteiger charge is 2.39. The van der Waals surface area contributed by atoms with Crippen LogP contribution < -0.4 is 5.32 Å². The van der Waals surface area contributed by atoms with Gasteiger partial charge in [0.15, 0.2) is 0 Å². The molecule has 1 aliphatic rings. The summed E-state index contributed by atoms with van der Waals surface area (Å²) in [6, 6.07) is 0. The van der Waals surface area contributed by atoms with Crippen LogP contribution in [0.25, 0.3) is 0 Å². The van der Waals surface area contributed by atoms with Crippen molar-refractivity contribution in [3.8, 4) is 0 Å². The summed E-state index contributed by atoms with van der Waals surface area (Å²) in [5, 5.41) is 11.9. The highest BCUT2D eigenvalue weighted by Crippen LogP contribution is 2.29. The second kappa shape index (κ2) is 4.07. The zero-order valence-corrected chi connectivity index (χ0v) is 8.31. The van der Waals surface area contributed by atoms with Crippen LogP contribution in [0.5, 0.6) is 0 Å². The molecule has 1 rings (SSSR count). The van der Waals surface area contributed by atoms with Crippen LogP contribution in [0.15, 0.2) is 0 Å². The van der Waals surface area contributed by atoms with Crippen molar-refractivity contribution in [1.29, 1.82) is 0 Å². The topological polar surface area (TPSA) is 49.3 Å². The normalized spacial score (nSPS) is 29.5. The lowest BCUT2D eigenvalue weighted by molar-refractivity contribution is -0.147. The van der Waals surface area contributed by atoms with E-state index in [0.717, 1.165) is 19.4 Å². The average molecular weight is 224 g/mol. The van der Waals surface area contributed by atoms with E-state index in [-0.39, 0.29) is 17.0 Å². The molecule has 1 atom stereocenters. The van der Waals surface area contributed by atoms with Crippen LogP contribution in [0.3, 0.4) is 0 Å². The van der Waals surface area contributed by atoms with Gasteiger partial charge in [0.25, 0.3) is 0 Å². The molecule has 11 heavy (non-hydrogen) atoms. The molecule has 1 aliphatic heterocycles. The van der Waals surface area contributed by atoms with Gasteiger partial charge in [-0.15, -0.1) is 17.0 Å². The molecule has 4 heteroatoms. The van der Waals surface area contributed by atoms with Gasteiger partial charge >= 0.3 is 5.97 Å². The van der Waals surface area contributed by atoms with Crippen molar-refractivity contribution in [3.63, 3.8) is 0 Å². The van der Waals surface area contributed by atoms with Crippen molar-refractivity contribution in [3.05, 3.63) is 0 Å². The van der Waals surface area contributed by atoms with E-state index in [0.29, 0.717) is 6.54 Å². The van der Waals surface area contributed by atoms with Crippen molar-refractivity contribution in [1.82, 2.24) is 5.32 Å². The maximum atomic E-state index is 10.7. The second-order valence-electron chi connectivity index (χ2n) is 2.87. The highest BCUT2D eigenvalue weighted by molar-refractivity contribution is 8.93. The second-order valence-corrected chi connectivity index (χ2v) is 2.87. The van der Waals surface area contributed by atoms with Gasteiger partial charge < -0.3 is 10.4 Å². The van der Waals surface area contributed by atoms with Gasteiger partial charge in [-0.3, -0.25) is 4.79 Å². The Morgan fingerprint density at radius 1 is 1.73 bits per heavy atom. The summed E-state index contributed by atoms with van der Waals surface area (Å²) in [5.74, 6) is -0.653. The Bertz CT molecular complexity index is 143. The average Bonchev–Trinajstić information content (AvgIpc) is 2.35. The first-order valence-electron chi connectivity index (χ1n) is 3.65. The van der Waals surface area contributed by atoms with Gasteiger partial charge in [-0.1, -0.05) is 6.92 Å². The molecule has 0 amide bonds. The molecule has 3 nitrogen and oxygen atoms in total. The molecule has 0 radical (unpaired) electrons. The summed E-state index contributed by atoms with van der Waals surface area (Å²) in [7, 11) is 0. The van der Waals surface area contributed by atoms with Gasteiger partial charge in [0, 0.05) is 6.54 Å². The number of carboxylic acid groups (broad SMARTS) is 1. The van der Waals surface area contributed by atoms with E-state index in [9.17, 15) is 4.79 Å². The molecule has 0 aliphatic carbocycles. The minimum Gasteiger partial charge on any atom is -0.481 e. The molecule has 2 N–H and O–H groups in total. The Balaban J connectivity index is 0.000001000. The predicted molar refractivity (Wildman–Crippen MR) is 48.2 cm³/mol. The standard InChI is InChI=1S/C7H13NO2.BrH/c1-2-7(6(9)10)3-4-8-5-7;/h8H,2-5H2,1H3,(H,9,10);1H/t7-;/m1./s1. The Kier molecular flexibility index (Phi) is 4.03. The molecule has 0 unspecified atom stereocenters. The number of carboxylic acids is 1. The minimum absolute atomic E-state index is 0. The summed E-state index contributed by atoms with van der Waals surface area (Å²) in [6.45, 7) is 3.42. The number of aliphatic carboxylic acids is 1. The van der Waals surface area contributed by atoms with Crippen LogP contribution in [-0.4, -0.2) is 24.2 Å². The molecule has 0 aromatic heterocycles.